The molecule has 1 amide bonds. The molecular formula is C10H17F3N2O2. The summed E-state index contributed by atoms with van der Waals surface area (Å²) in [5, 5.41) is 13.5. The van der Waals surface area contributed by atoms with Gasteiger partial charge in [-0.25, -0.2) is 0 Å². The zero-order chi connectivity index (χ0) is 13.1. The molecule has 3 N–H and O–H groups in total. The van der Waals surface area contributed by atoms with Crippen LogP contribution in [0, 0.1) is 5.41 Å². The third-order valence-corrected chi connectivity index (χ3v) is 3.07. The van der Waals surface area contributed by atoms with Crippen LogP contribution in [0.15, 0.2) is 0 Å². The van der Waals surface area contributed by atoms with E-state index in [1.165, 1.54) is 0 Å². The van der Waals surface area contributed by atoms with Crippen molar-refractivity contribution < 1.29 is 23.1 Å². The number of aliphatic hydroxyl groups is 1. The minimum absolute atomic E-state index is 0.168. The first-order chi connectivity index (χ1) is 7.83. The van der Waals surface area contributed by atoms with Crippen LogP contribution in [0.4, 0.5) is 13.2 Å². The van der Waals surface area contributed by atoms with Crippen LogP contribution in [0.2, 0.25) is 0 Å². The van der Waals surface area contributed by atoms with Gasteiger partial charge in [-0.05, 0) is 26.3 Å². The normalized spacial score (nSPS) is 26.9. The molecule has 1 aliphatic rings. The highest BCUT2D eigenvalue weighted by Gasteiger charge is 2.61. The van der Waals surface area contributed by atoms with Gasteiger partial charge in [0.05, 0.1) is 0 Å². The number of rotatable bonds is 4. The topological polar surface area (TPSA) is 61.4 Å². The molecule has 0 aromatic heterocycles. The molecule has 0 saturated carbocycles. The van der Waals surface area contributed by atoms with Gasteiger partial charge in [-0.15, -0.1) is 0 Å². The maximum atomic E-state index is 13.0. The largest absolute Gasteiger partial charge is 0.404 e. The van der Waals surface area contributed by atoms with Gasteiger partial charge in [-0.2, -0.15) is 13.2 Å². The lowest BCUT2D eigenvalue weighted by Crippen LogP contribution is -2.54. The van der Waals surface area contributed by atoms with Gasteiger partial charge < -0.3 is 15.7 Å². The van der Waals surface area contributed by atoms with Crippen molar-refractivity contribution in [3.8, 4) is 0 Å². The number of hydrogen-bond acceptors (Lipinski definition) is 3. The quantitative estimate of drug-likeness (QED) is 0.681. The minimum atomic E-state index is -4.56. The number of alkyl halides is 3. The Labute approximate surface area is 97.6 Å². The molecule has 0 radical (unpaired) electrons. The second kappa shape index (κ2) is 5.22. The predicted octanol–water partition coefficient (Wildman–Crippen LogP) is 0.415. The Kier molecular flexibility index (Phi) is 4.37. The Morgan fingerprint density at radius 3 is 2.65 bits per heavy atom. The first-order valence-electron chi connectivity index (χ1n) is 5.53. The highest BCUT2D eigenvalue weighted by molar-refractivity contribution is 5.84. The predicted molar refractivity (Wildman–Crippen MR) is 55.3 cm³/mol. The summed E-state index contributed by atoms with van der Waals surface area (Å²) in [5.41, 5.74) is -2.32. The average Bonchev–Trinajstić information content (AvgIpc) is 2.66. The van der Waals surface area contributed by atoms with E-state index in [2.05, 4.69) is 10.6 Å². The molecule has 1 saturated heterocycles. The van der Waals surface area contributed by atoms with Gasteiger partial charge >= 0.3 is 6.18 Å². The van der Waals surface area contributed by atoms with Gasteiger partial charge in [0.1, 0.15) is 0 Å². The van der Waals surface area contributed by atoms with Crippen molar-refractivity contribution in [1.82, 2.24) is 10.6 Å². The Morgan fingerprint density at radius 2 is 2.24 bits per heavy atom. The molecule has 0 aromatic rings. The number of nitrogens with one attached hydrogen (secondary N) is 2. The Morgan fingerprint density at radius 1 is 1.59 bits per heavy atom. The summed E-state index contributed by atoms with van der Waals surface area (Å²) < 4.78 is 38.9. The standard InChI is InChI=1S/C10H17F3N2O2/c1-7(2-5-16)15-8(17)9(10(11,12)13)3-4-14-6-9/h7,14,16H,2-6H2,1H3,(H,15,17). The molecule has 100 valence electrons. The van der Waals surface area contributed by atoms with Crippen LogP contribution in [-0.2, 0) is 4.79 Å². The summed E-state index contributed by atoms with van der Waals surface area (Å²) >= 11 is 0. The molecular weight excluding hydrogens is 237 g/mol. The van der Waals surface area contributed by atoms with Crippen LogP contribution < -0.4 is 10.6 Å². The summed E-state index contributed by atoms with van der Waals surface area (Å²) in [6.07, 6.45) is -4.55. The van der Waals surface area contributed by atoms with Crippen molar-refractivity contribution in [3.63, 3.8) is 0 Å². The zero-order valence-electron chi connectivity index (χ0n) is 9.60. The highest BCUT2D eigenvalue weighted by atomic mass is 19.4. The van der Waals surface area contributed by atoms with Gasteiger partial charge in [0, 0.05) is 19.2 Å². The minimum Gasteiger partial charge on any atom is -0.396 e. The van der Waals surface area contributed by atoms with E-state index in [9.17, 15) is 18.0 Å². The monoisotopic (exact) mass is 254 g/mol. The van der Waals surface area contributed by atoms with Crippen molar-refractivity contribution in [1.29, 1.82) is 0 Å². The van der Waals surface area contributed by atoms with Crippen molar-refractivity contribution in [2.24, 2.45) is 5.41 Å². The molecule has 2 unspecified atom stereocenters. The van der Waals surface area contributed by atoms with Gasteiger partial charge in [-0.1, -0.05) is 0 Å². The third-order valence-electron chi connectivity index (χ3n) is 3.07. The van der Waals surface area contributed by atoms with Crippen LogP contribution in [0.25, 0.3) is 0 Å². The lowest BCUT2D eigenvalue weighted by atomic mass is 9.85. The molecule has 1 fully saturated rings. The number of carbonyl (C=O) groups is 1. The number of halogens is 3. The zero-order valence-corrected chi connectivity index (χ0v) is 9.60. The van der Waals surface area contributed by atoms with Crippen LogP contribution in [0.1, 0.15) is 19.8 Å². The van der Waals surface area contributed by atoms with E-state index in [1.807, 2.05) is 0 Å². The Balaban J connectivity index is 2.75. The fourth-order valence-corrected chi connectivity index (χ4v) is 1.88. The molecule has 17 heavy (non-hydrogen) atoms. The molecule has 1 aliphatic heterocycles. The van der Waals surface area contributed by atoms with Crippen LogP contribution in [0.3, 0.4) is 0 Å². The fraction of sp³-hybridized carbons (Fsp3) is 0.900. The summed E-state index contributed by atoms with van der Waals surface area (Å²) in [4.78, 5) is 11.7. The molecule has 1 heterocycles. The van der Waals surface area contributed by atoms with E-state index in [1.54, 1.807) is 6.92 Å². The lowest BCUT2D eigenvalue weighted by molar-refractivity contribution is -0.216. The smallest absolute Gasteiger partial charge is 0.396 e. The number of carbonyl (C=O) groups excluding carboxylic acids is 1. The van der Waals surface area contributed by atoms with Crippen LogP contribution in [0.5, 0.6) is 0 Å². The molecule has 7 heteroatoms. The van der Waals surface area contributed by atoms with E-state index in [-0.39, 0.29) is 32.5 Å². The summed E-state index contributed by atoms with van der Waals surface area (Å²) in [7, 11) is 0. The second-order valence-electron chi connectivity index (χ2n) is 4.39. The summed E-state index contributed by atoms with van der Waals surface area (Å²) in [6, 6.07) is -0.465. The molecule has 0 aliphatic carbocycles. The SMILES string of the molecule is CC(CCO)NC(=O)C1(C(F)(F)F)CCNC1. The Hall–Kier alpha value is -0.820. The van der Waals surface area contributed by atoms with E-state index < -0.39 is 23.5 Å². The van der Waals surface area contributed by atoms with Crippen molar-refractivity contribution in [3.05, 3.63) is 0 Å². The molecule has 0 aromatic carbocycles. The molecule has 2 atom stereocenters. The van der Waals surface area contributed by atoms with Crippen molar-refractivity contribution in [2.45, 2.75) is 32.0 Å². The second-order valence-corrected chi connectivity index (χ2v) is 4.39. The average molecular weight is 254 g/mol. The number of amides is 1. The van der Waals surface area contributed by atoms with E-state index in [4.69, 9.17) is 5.11 Å². The maximum Gasteiger partial charge on any atom is 0.404 e. The number of hydrogen-bond donors (Lipinski definition) is 3. The fourth-order valence-electron chi connectivity index (χ4n) is 1.88. The Bertz CT molecular complexity index is 275. The molecule has 0 bridgehead atoms. The highest BCUT2D eigenvalue weighted by Crippen LogP contribution is 2.43. The molecule has 1 rings (SSSR count). The van der Waals surface area contributed by atoms with Gasteiger partial charge in [0.2, 0.25) is 5.91 Å². The first kappa shape index (κ1) is 14.2. The molecule has 0 spiro atoms. The van der Waals surface area contributed by atoms with Crippen molar-refractivity contribution in [2.75, 3.05) is 19.7 Å². The maximum absolute atomic E-state index is 13.0. The number of aliphatic hydroxyl groups excluding tert-OH is 1. The molecule has 4 nitrogen and oxygen atoms in total. The van der Waals surface area contributed by atoms with Crippen molar-refractivity contribution >= 4 is 5.91 Å². The summed E-state index contributed by atoms with van der Waals surface area (Å²) in [6.45, 7) is 1.20. The van der Waals surface area contributed by atoms with Crippen LogP contribution in [-0.4, -0.2) is 42.9 Å². The van der Waals surface area contributed by atoms with E-state index in [0.29, 0.717) is 0 Å². The van der Waals surface area contributed by atoms with Gasteiger partial charge in [-0.3, -0.25) is 4.79 Å². The van der Waals surface area contributed by atoms with Crippen LogP contribution >= 0.6 is 0 Å². The summed E-state index contributed by atoms with van der Waals surface area (Å²) in [5.74, 6) is -1.00. The lowest BCUT2D eigenvalue weighted by Gasteiger charge is -2.30. The van der Waals surface area contributed by atoms with Gasteiger partial charge in [0.25, 0.3) is 0 Å². The first-order valence-corrected chi connectivity index (χ1v) is 5.53. The van der Waals surface area contributed by atoms with Gasteiger partial charge in [0.15, 0.2) is 5.41 Å². The third kappa shape index (κ3) is 2.90. The van der Waals surface area contributed by atoms with E-state index in [0.717, 1.165) is 0 Å². The van der Waals surface area contributed by atoms with E-state index >= 15 is 0 Å².